The molecule has 0 bridgehead atoms. The van der Waals surface area contributed by atoms with Crippen LogP contribution in [0.1, 0.15) is 91.9 Å². The van der Waals surface area contributed by atoms with Crippen LogP contribution in [-0.2, 0) is 14.2 Å². The van der Waals surface area contributed by atoms with Gasteiger partial charge in [-0.15, -0.1) is 0 Å². The molecule has 7 nitrogen and oxygen atoms in total. The quantitative estimate of drug-likeness (QED) is 0.489. The van der Waals surface area contributed by atoms with Crippen molar-refractivity contribution in [3.63, 3.8) is 0 Å². The van der Waals surface area contributed by atoms with Crippen LogP contribution in [0.4, 0.5) is 9.59 Å². The van der Waals surface area contributed by atoms with E-state index in [1.165, 1.54) is 38.5 Å². The van der Waals surface area contributed by atoms with E-state index in [4.69, 9.17) is 14.2 Å². The van der Waals surface area contributed by atoms with E-state index in [0.29, 0.717) is 26.4 Å². The Morgan fingerprint density at radius 2 is 1.00 bits per heavy atom. The van der Waals surface area contributed by atoms with E-state index < -0.39 is 0 Å². The monoisotopic (exact) mass is 440 g/mol. The van der Waals surface area contributed by atoms with Crippen LogP contribution in [-0.4, -0.2) is 50.7 Å². The molecule has 0 aliphatic heterocycles. The van der Waals surface area contributed by atoms with E-state index >= 15 is 0 Å². The highest BCUT2D eigenvalue weighted by Crippen LogP contribution is 2.22. The van der Waals surface area contributed by atoms with Gasteiger partial charge in [-0.2, -0.15) is 0 Å². The minimum atomic E-state index is -0.335. The zero-order valence-corrected chi connectivity index (χ0v) is 20.1. The number of hydrogen-bond donors (Lipinski definition) is 2. The Labute approximate surface area is 188 Å². The summed E-state index contributed by atoms with van der Waals surface area (Å²) in [5, 5.41) is 5.94. The van der Waals surface area contributed by atoms with Crippen LogP contribution in [0.3, 0.4) is 0 Å². The molecular weight excluding hydrogens is 396 g/mol. The molecule has 2 amide bonds. The SMILES string of the molecule is CC(C)(COCC(C)(C)COC(=O)NC1CCCCC1)COC(=O)NC1CCCCC1. The van der Waals surface area contributed by atoms with Gasteiger partial charge in [-0.3, -0.25) is 0 Å². The van der Waals surface area contributed by atoms with Gasteiger partial charge in [0.2, 0.25) is 0 Å². The van der Waals surface area contributed by atoms with E-state index in [2.05, 4.69) is 10.6 Å². The number of ether oxygens (including phenoxy) is 3. The predicted molar refractivity (Wildman–Crippen MR) is 121 cm³/mol. The Balaban J connectivity index is 1.59. The molecule has 0 aromatic rings. The summed E-state index contributed by atoms with van der Waals surface area (Å²) in [6.45, 7) is 9.58. The maximum absolute atomic E-state index is 12.1. The molecule has 7 heteroatoms. The zero-order valence-electron chi connectivity index (χ0n) is 20.1. The number of carbonyl (C=O) groups is 2. The third kappa shape index (κ3) is 11.1. The molecule has 31 heavy (non-hydrogen) atoms. The molecule has 2 fully saturated rings. The maximum atomic E-state index is 12.1. The fourth-order valence-electron chi connectivity index (χ4n) is 4.12. The van der Waals surface area contributed by atoms with Crippen LogP contribution < -0.4 is 10.6 Å². The van der Waals surface area contributed by atoms with Crippen LogP contribution in [0.25, 0.3) is 0 Å². The summed E-state index contributed by atoms with van der Waals surface area (Å²) in [7, 11) is 0. The molecule has 0 atom stereocenters. The third-order valence-corrected chi connectivity index (χ3v) is 6.03. The second kappa shape index (κ2) is 12.5. The van der Waals surface area contributed by atoms with Crippen LogP contribution in [0, 0.1) is 10.8 Å². The van der Waals surface area contributed by atoms with Crippen LogP contribution in [0.2, 0.25) is 0 Å². The molecule has 180 valence electrons. The number of amides is 2. The number of carbonyl (C=O) groups excluding carboxylic acids is 2. The van der Waals surface area contributed by atoms with Crippen LogP contribution in [0.15, 0.2) is 0 Å². The largest absolute Gasteiger partial charge is 0.449 e. The van der Waals surface area contributed by atoms with Crippen molar-refractivity contribution in [2.75, 3.05) is 26.4 Å². The maximum Gasteiger partial charge on any atom is 0.407 e. The summed E-state index contributed by atoms with van der Waals surface area (Å²) in [6.07, 6.45) is 10.7. The molecule has 2 aliphatic carbocycles. The minimum absolute atomic E-state index is 0.247. The first kappa shape index (κ1) is 25.8. The lowest BCUT2D eigenvalue weighted by atomic mass is 9.94. The highest BCUT2D eigenvalue weighted by Gasteiger charge is 2.26. The number of nitrogens with one attached hydrogen (secondary N) is 2. The van der Waals surface area contributed by atoms with Crippen molar-refractivity contribution in [2.45, 2.75) is 104 Å². The Hall–Kier alpha value is -1.50. The first-order valence-corrected chi connectivity index (χ1v) is 12.1. The Kier molecular flexibility index (Phi) is 10.4. The summed E-state index contributed by atoms with van der Waals surface area (Å²) in [6, 6.07) is 0.494. The molecule has 0 unspecified atom stereocenters. The van der Waals surface area contributed by atoms with E-state index in [0.717, 1.165) is 25.7 Å². The number of rotatable bonds is 10. The molecule has 2 rings (SSSR count). The standard InChI is InChI=1S/C24H44N2O5/c1-23(2,17-30-21(27)25-19-11-7-5-8-12-19)15-29-16-24(3,4)18-31-22(28)26-20-13-9-6-10-14-20/h19-20H,5-18H2,1-4H3,(H,25,27)(H,26,28). The van der Waals surface area contributed by atoms with Gasteiger partial charge in [0.25, 0.3) is 0 Å². The van der Waals surface area contributed by atoms with Crippen molar-refractivity contribution in [1.82, 2.24) is 10.6 Å². The van der Waals surface area contributed by atoms with E-state index in [-0.39, 0.29) is 35.1 Å². The van der Waals surface area contributed by atoms with E-state index in [9.17, 15) is 9.59 Å². The van der Waals surface area contributed by atoms with Crippen molar-refractivity contribution < 1.29 is 23.8 Å². The lowest BCUT2D eigenvalue weighted by Gasteiger charge is -2.29. The smallest absolute Gasteiger partial charge is 0.407 e. The van der Waals surface area contributed by atoms with Gasteiger partial charge < -0.3 is 24.8 Å². The zero-order chi connectivity index (χ0) is 22.7. The average Bonchev–Trinajstić information content (AvgIpc) is 2.72. The molecule has 2 saturated carbocycles. The summed E-state index contributed by atoms with van der Waals surface area (Å²) in [4.78, 5) is 24.1. The normalized spacial score (nSPS) is 19.0. The van der Waals surface area contributed by atoms with Crippen LogP contribution in [0.5, 0.6) is 0 Å². The Bertz CT molecular complexity index is 504. The molecule has 0 spiro atoms. The first-order chi connectivity index (χ1) is 14.7. The first-order valence-electron chi connectivity index (χ1n) is 12.1. The predicted octanol–water partition coefficient (Wildman–Crippen LogP) is 5.17. The van der Waals surface area contributed by atoms with Crippen molar-refractivity contribution in [1.29, 1.82) is 0 Å². The van der Waals surface area contributed by atoms with Gasteiger partial charge in [0.15, 0.2) is 0 Å². The fourth-order valence-corrected chi connectivity index (χ4v) is 4.12. The molecule has 0 radical (unpaired) electrons. The molecule has 2 aliphatic rings. The molecule has 0 saturated heterocycles. The lowest BCUT2D eigenvalue weighted by molar-refractivity contribution is -0.0264. The van der Waals surface area contributed by atoms with Gasteiger partial charge >= 0.3 is 12.2 Å². The summed E-state index contributed by atoms with van der Waals surface area (Å²) in [5.41, 5.74) is -0.585. The number of alkyl carbamates (subject to hydrolysis) is 2. The van der Waals surface area contributed by atoms with Crippen molar-refractivity contribution in [2.24, 2.45) is 10.8 Å². The average molecular weight is 441 g/mol. The molecule has 2 N–H and O–H groups in total. The van der Waals surface area contributed by atoms with Crippen molar-refractivity contribution in [3.05, 3.63) is 0 Å². The Morgan fingerprint density at radius 1 is 0.645 bits per heavy atom. The van der Waals surface area contributed by atoms with E-state index in [1.807, 2.05) is 27.7 Å². The summed E-state index contributed by atoms with van der Waals surface area (Å²) in [5.74, 6) is 0. The van der Waals surface area contributed by atoms with Crippen LogP contribution >= 0.6 is 0 Å². The second-order valence-electron chi connectivity index (χ2n) is 10.9. The summed E-state index contributed by atoms with van der Waals surface area (Å²) < 4.78 is 16.8. The van der Waals surface area contributed by atoms with Gasteiger partial charge in [-0.05, 0) is 25.7 Å². The van der Waals surface area contributed by atoms with E-state index in [1.54, 1.807) is 0 Å². The second-order valence-corrected chi connectivity index (χ2v) is 10.9. The van der Waals surface area contributed by atoms with Crippen molar-refractivity contribution in [3.8, 4) is 0 Å². The molecule has 0 heterocycles. The highest BCUT2D eigenvalue weighted by molar-refractivity contribution is 5.68. The van der Waals surface area contributed by atoms with Gasteiger partial charge in [-0.1, -0.05) is 66.2 Å². The molecular formula is C24H44N2O5. The highest BCUT2D eigenvalue weighted by atomic mass is 16.6. The van der Waals surface area contributed by atoms with Gasteiger partial charge in [0, 0.05) is 22.9 Å². The summed E-state index contributed by atoms with van der Waals surface area (Å²) >= 11 is 0. The molecule has 0 aromatic carbocycles. The topological polar surface area (TPSA) is 85.9 Å². The van der Waals surface area contributed by atoms with Gasteiger partial charge in [0.05, 0.1) is 13.2 Å². The fraction of sp³-hybridized carbons (Fsp3) is 0.917. The molecule has 0 aromatic heterocycles. The van der Waals surface area contributed by atoms with Crippen molar-refractivity contribution >= 4 is 12.2 Å². The van der Waals surface area contributed by atoms with Gasteiger partial charge in [-0.25, -0.2) is 9.59 Å². The third-order valence-electron chi connectivity index (χ3n) is 6.03. The van der Waals surface area contributed by atoms with Gasteiger partial charge in [0.1, 0.15) is 13.2 Å². The Morgan fingerprint density at radius 3 is 1.35 bits per heavy atom. The lowest BCUT2D eigenvalue weighted by Crippen LogP contribution is -2.39. The minimum Gasteiger partial charge on any atom is -0.449 e. The number of hydrogen-bond acceptors (Lipinski definition) is 5.